The summed E-state index contributed by atoms with van der Waals surface area (Å²) < 4.78 is 11.2. The molecule has 0 bridgehead atoms. The molecular formula is C30H44N8O3. The van der Waals surface area contributed by atoms with E-state index in [1.807, 2.05) is 45.0 Å². The van der Waals surface area contributed by atoms with Crippen LogP contribution in [0.15, 0.2) is 54.3 Å². The molecule has 0 saturated carbocycles. The molecule has 2 aromatic rings. The van der Waals surface area contributed by atoms with Crippen LogP contribution in [0.4, 0.5) is 10.6 Å². The molecule has 1 aliphatic rings. The number of carbonyl (C=O) groups excluding carboxylic acids is 1. The minimum absolute atomic E-state index is 0.00408. The minimum atomic E-state index is -0.508. The van der Waals surface area contributed by atoms with E-state index in [1.54, 1.807) is 23.5 Å². The number of amides is 1. The van der Waals surface area contributed by atoms with E-state index < -0.39 is 5.60 Å². The summed E-state index contributed by atoms with van der Waals surface area (Å²) in [6, 6.07) is 5.58. The van der Waals surface area contributed by atoms with E-state index in [1.165, 1.54) is 6.21 Å². The standard InChI is InChI=1S/C30H44N8O3/c1-6-20(7-2)21(14-31)13-27(33)37-28-9-8-25-26(36-28)12-22(17-35-25)23(15-32)16-34-10-11-40-24-18-38(19-24)29(39)41-30(3,4)5/h8-9,12-17,20,24,32,34H,6-7,10-11,18-19,31,33H2,1-5H3,(H,36,37)/b21-14+,23-16+,27-13+,32-15?. The smallest absolute Gasteiger partial charge is 0.410 e. The molecule has 1 aliphatic heterocycles. The number of nitrogens with one attached hydrogen (secondary N) is 3. The third kappa shape index (κ3) is 9.21. The van der Waals surface area contributed by atoms with Crippen molar-refractivity contribution in [2.75, 3.05) is 31.6 Å². The number of hydrogen-bond donors (Lipinski definition) is 5. The summed E-state index contributed by atoms with van der Waals surface area (Å²) in [6.07, 6.45) is 9.84. The van der Waals surface area contributed by atoms with Crippen LogP contribution in [0.25, 0.3) is 16.6 Å². The largest absolute Gasteiger partial charge is 0.444 e. The van der Waals surface area contributed by atoms with Gasteiger partial charge in [0.15, 0.2) is 0 Å². The Morgan fingerprint density at radius 2 is 1.98 bits per heavy atom. The van der Waals surface area contributed by atoms with Crippen molar-refractivity contribution in [1.82, 2.24) is 20.2 Å². The summed E-state index contributed by atoms with van der Waals surface area (Å²) >= 11 is 0. The number of allylic oxidation sites excluding steroid dienone is 3. The second-order valence-corrected chi connectivity index (χ2v) is 10.9. The molecule has 0 unspecified atom stereocenters. The Balaban J connectivity index is 1.55. The third-order valence-electron chi connectivity index (χ3n) is 6.63. The van der Waals surface area contributed by atoms with Crippen molar-refractivity contribution in [3.8, 4) is 0 Å². The number of fused-ring (bicyclic) bond motifs is 1. The fraction of sp³-hybridized carbons (Fsp3) is 0.467. The highest BCUT2D eigenvalue weighted by molar-refractivity contribution is 6.08. The van der Waals surface area contributed by atoms with Gasteiger partial charge in [-0.2, -0.15) is 0 Å². The van der Waals surface area contributed by atoms with Gasteiger partial charge < -0.3 is 41.9 Å². The molecule has 41 heavy (non-hydrogen) atoms. The van der Waals surface area contributed by atoms with Crippen molar-refractivity contribution in [3.05, 3.63) is 59.8 Å². The lowest BCUT2D eigenvalue weighted by Gasteiger charge is -2.39. The van der Waals surface area contributed by atoms with Crippen LogP contribution >= 0.6 is 0 Å². The van der Waals surface area contributed by atoms with Crippen LogP contribution in [-0.4, -0.2) is 65.1 Å². The molecule has 0 radical (unpaired) electrons. The zero-order valence-electron chi connectivity index (χ0n) is 24.7. The number of nitrogens with two attached hydrogens (primary N) is 2. The first-order chi connectivity index (χ1) is 19.6. The van der Waals surface area contributed by atoms with Gasteiger partial charge in [-0.25, -0.2) is 9.78 Å². The molecule has 222 valence electrons. The molecule has 1 saturated heterocycles. The third-order valence-corrected chi connectivity index (χ3v) is 6.63. The zero-order chi connectivity index (χ0) is 30.0. The Bertz CT molecular complexity index is 1290. The molecule has 2 aromatic heterocycles. The van der Waals surface area contributed by atoms with Crippen LogP contribution in [0.3, 0.4) is 0 Å². The molecule has 11 nitrogen and oxygen atoms in total. The average molecular weight is 565 g/mol. The minimum Gasteiger partial charge on any atom is -0.444 e. The fourth-order valence-electron chi connectivity index (χ4n) is 4.35. The summed E-state index contributed by atoms with van der Waals surface area (Å²) in [7, 11) is 0. The van der Waals surface area contributed by atoms with Crippen molar-refractivity contribution >= 4 is 34.7 Å². The van der Waals surface area contributed by atoms with E-state index in [9.17, 15) is 4.79 Å². The molecule has 1 amide bonds. The molecule has 1 fully saturated rings. The maximum atomic E-state index is 12.0. The van der Waals surface area contributed by atoms with Gasteiger partial charge in [0.05, 0.1) is 36.8 Å². The highest BCUT2D eigenvalue weighted by atomic mass is 16.6. The first-order valence-electron chi connectivity index (χ1n) is 14.0. The molecule has 7 N–H and O–H groups in total. The van der Waals surface area contributed by atoms with Crippen LogP contribution in [-0.2, 0) is 9.47 Å². The predicted octanol–water partition coefficient (Wildman–Crippen LogP) is 4.34. The summed E-state index contributed by atoms with van der Waals surface area (Å²) in [5.41, 5.74) is 15.4. The number of likely N-dealkylation sites (tertiary alicyclic amines) is 1. The second-order valence-electron chi connectivity index (χ2n) is 10.9. The van der Waals surface area contributed by atoms with Crippen LogP contribution in [0.5, 0.6) is 0 Å². The van der Waals surface area contributed by atoms with Crippen LogP contribution < -0.4 is 22.1 Å². The van der Waals surface area contributed by atoms with Gasteiger partial charge in [0.2, 0.25) is 0 Å². The summed E-state index contributed by atoms with van der Waals surface area (Å²) in [6.45, 7) is 11.9. The summed E-state index contributed by atoms with van der Waals surface area (Å²) in [5, 5.41) is 14.2. The van der Waals surface area contributed by atoms with Crippen molar-refractivity contribution in [3.63, 3.8) is 0 Å². The van der Waals surface area contributed by atoms with Crippen molar-refractivity contribution in [1.29, 1.82) is 5.41 Å². The van der Waals surface area contributed by atoms with E-state index in [2.05, 4.69) is 34.4 Å². The second kappa shape index (κ2) is 14.5. The lowest BCUT2D eigenvalue weighted by atomic mass is 9.94. The van der Waals surface area contributed by atoms with E-state index >= 15 is 0 Å². The van der Waals surface area contributed by atoms with Gasteiger partial charge in [-0.1, -0.05) is 13.8 Å². The van der Waals surface area contributed by atoms with Crippen molar-refractivity contribution in [2.45, 2.75) is 59.2 Å². The lowest BCUT2D eigenvalue weighted by Crippen LogP contribution is -2.56. The van der Waals surface area contributed by atoms with Gasteiger partial charge in [-0.05, 0) is 75.6 Å². The lowest BCUT2D eigenvalue weighted by molar-refractivity contribution is -0.0616. The normalized spacial score (nSPS) is 15.2. The molecule has 0 atom stereocenters. The molecule has 0 aromatic carbocycles. The van der Waals surface area contributed by atoms with Gasteiger partial charge in [-0.3, -0.25) is 4.98 Å². The SMILES string of the molecule is CCC(CC)C(=C/N)/C=C(\N)Nc1ccc2ncc(/C(C=N)=C/NCCOC3CN(C(=O)OC(C)(C)C)C3)cc2n1. The summed E-state index contributed by atoms with van der Waals surface area (Å²) in [4.78, 5) is 22.8. The zero-order valence-corrected chi connectivity index (χ0v) is 24.7. The van der Waals surface area contributed by atoms with E-state index in [0.717, 1.165) is 29.5 Å². The molecule has 0 aliphatic carbocycles. The van der Waals surface area contributed by atoms with Crippen LogP contribution in [0.2, 0.25) is 0 Å². The van der Waals surface area contributed by atoms with Crippen LogP contribution in [0.1, 0.15) is 53.0 Å². The molecule has 3 rings (SSSR count). The maximum absolute atomic E-state index is 12.0. The number of carbonyl (C=O) groups is 1. The first kappa shape index (κ1) is 31.4. The van der Waals surface area contributed by atoms with Crippen molar-refractivity contribution in [2.24, 2.45) is 17.4 Å². The topological polar surface area (TPSA) is 164 Å². The van der Waals surface area contributed by atoms with E-state index in [0.29, 0.717) is 54.9 Å². The monoisotopic (exact) mass is 564 g/mol. The highest BCUT2D eigenvalue weighted by Gasteiger charge is 2.34. The van der Waals surface area contributed by atoms with Gasteiger partial charge in [-0.15, -0.1) is 0 Å². The predicted molar refractivity (Wildman–Crippen MR) is 164 cm³/mol. The van der Waals surface area contributed by atoms with Gasteiger partial charge in [0, 0.05) is 36.3 Å². The van der Waals surface area contributed by atoms with Crippen LogP contribution in [0, 0.1) is 11.3 Å². The first-order valence-corrected chi connectivity index (χ1v) is 14.0. The Hall–Kier alpha value is -4.12. The fourth-order valence-corrected chi connectivity index (χ4v) is 4.35. The number of pyridine rings is 2. The van der Waals surface area contributed by atoms with E-state index in [4.69, 9.17) is 26.4 Å². The van der Waals surface area contributed by atoms with Crippen molar-refractivity contribution < 1.29 is 14.3 Å². The Kier molecular flexibility index (Phi) is 11.1. The molecule has 11 heteroatoms. The summed E-state index contributed by atoms with van der Waals surface area (Å²) in [5.74, 6) is 1.38. The Labute approximate surface area is 242 Å². The number of ether oxygens (including phenoxy) is 2. The van der Waals surface area contributed by atoms with E-state index in [-0.39, 0.29) is 12.2 Å². The average Bonchev–Trinajstić information content (AvgIpc) is 2.90. The highest BCUT2D eigenvalue weighted by Crippen LogP contribution is 2.22. The molecule has 3 heterocycles. The maximum Gasteiger partial charge on any atom is 0.410 e. The molecule has 0 spiro atoms. The molecular weight excluding hydrogens is 520 g/mol. The number of aromatic nitrogens is 2. The van der Waals surface area contributed by atoms with Gasteiger partial charge >= 0.3 is 6.09 Å². The Morgan fingerprint density at radius 1 is 1.24 bits per heavy atom. The number of rotatable bonds is 13. The number of nitrogens with zero attached hydrogens (tertiary/aromatic N) is 3. The Morgan fingerprint density at radius 3 is 2.61 bits per heavy atom. The number of anilines is 1. The van der Waals surface area contributed by atoms with Gasteiger partial charge in [0.1, 0.15) is 17.2 Å². The van der Waals surface area contributed by atoms with Gasteiger partial charge in [0.25, 0.3) is 0 Å². The quantitative estimate of drug-likeness (QED) is 0.135. The number of hydrogen-bond acceptors (Lipinski definition) is 10.